The van der Waals surface area contributed by atoms with Crippen LogP contribution in [-0.2, 0) is 0 Å². The fourth-order valence-electron chi connectivity index (χ4n) is 3.33. The van der Waals surface area contributed by atoms with Gasteiger partial charge >= 0.3 is 0 Å². The van der Waals surface area contributed by atoms with Crippen molar-refractivity contribution in [3.05, 3.63) is 78.4 Å². The lowest BCUT2D eigenvalue weighted by Crippen LogP contribution is -1.97. The molecule has 2 aromatic heterocycles. The third-order valence-corrected chi connectivity index (χ3v) is 4.68. The van der Waals surface area contributed by atoms with Gasteiger partial charge in [0.25, 0.3) is 0 Å². The van der Waals surface area contributed by atoms with Crippen molar-refractivity contribution in [3.63, 3.8) is 0 Å². The standard InChI is InChI=1S/C22H17N3O/c1-2-4-21-17(3-1)13-18(9-12-26-21)22-24-19-6-5-16(14-20(19)25-22)15-7-10-23-11-8-15/h1-8,10-11,13-14H,9,12H2,(H,24,25). The molecule has 1 aliphatic heterocycles. The van der Waals surface area contributed by atoms with E-state index in [1.165, 1.54) is 0 Å². The van der Waals surface area contributed by atoms with Crippen LogP contribution in [0.2, 0.25) is 0 Å². The number of hydrogen-bond donors (Lipinski definition) is 1. The number of nitrogens with zero attached hydrogens (tertiary/aromatic N) is 2. The Hall–Kier alpha value is -3.40. The molecule has 0 saturated heterocycles. The topological polar surface area (TPSA) is 50.8 Å². The molecule has 26 heavy (non-hydrogen) atoms. The molecule has 0 bridgehead atoms. The summed E-state index contributed by atoms with van der Waals surface area (Å²) in [6, 6.07) is 18.4. The third-order valence-electron chi connectivity index (χ3n) is 4.68. The number of fused-ring (bicyclic) bond motifs is 2. The first kappa shape index (κ1) is 14.9. The van der Waals surface area contributed by atoms with E-state index in [1.54, 1.807) is 0 Å². The van der Waals surface area contributed by atoms with Crippen LogP contribution in [0.4, 0.5) is 0 Å². The van der Waals surface area contributed by atoms with E-state index in [2.05, 4.69) is 40.3 Å². The van der Waals surface area contributed by atoms with Gasteiger partial charge in [-0.25, -0.2) is 4.98 Å². The van der Waals surface area contributed by atoms with Gasteiger partial charge in [-0.1, -0.05) is 24.3 Å². The molecule has 0 saturated carbocycles. The highest BCUT2D eigenvalue weighted by atomic mass is 16.5. The Balaban J connectivity index is 1.57. The first-order valence-corrected chi connectivity index (χ1v) is 8.70. The maximum absolute atomic E-state index is 5.85. The van der Waals surface area contributed by atoms with Crippen molar-refractivity contribution in [2.75, 3.05) is 6.61 Å². The average molecular weight is 339 g/mol. The van der Waals surface area contributed by atoms with E-state index in [-0.39, 0.29) is 0 Å². The lowest BCUT2D eigenvalue weighted by atomic mass is 10.1. The smallest absolute Gasteiger partial charge is 0.134 e. The van der Waals surface area contributed by atoms with E-state index in [1.807, 2.05) is 42.7 Å². The molecule has 0 amide bonds. The Bertz CT molecular complexity index is 1110. The fraction of sp³-hybridized carbons (Fsp3) is 0.0909. The molecular formula is C22H17N3O. The van der Waals surface area contributed by atoms with Crippen LogP contribution in [0.1, 0.15) is 17.8 Å². The largest absolute Gasteiger partial charge is 0.493 e. The van der Waals surface area contributed by atoms with Crippen LogP contribution in [0.25, 0.3) is 33.8 Å². The van der Waals surface area contributed by atoms with Crippen LogP contribution in [0.15, 0.2) is 67.0 Å². The summed E-state index contributed by atoms with van der Waals surface area (Å²) < 4.78 is 5.85. The molecule has 5 rings (SSSR count). The van der Waals surface area contributed by atoms with Crippen molar-refractivity contribution in [1.82, 2.24) is 15.0 Å². The third kappa shape index (κ3) is 2.65. The van der Waals surface area contributed by atoms with E-state index in [0.717, 1.165) is 51.3 Å². The maximum atomic E-state index is 5.85. The summed E-state index contributed by atoms with van der Waals surface area (Å²) in [5, 5.41) is 0. The zero-order valence-electron chi connectivity index (χ0n) is 14.1. The summed E-state index contributed by atoms with van der Waals surface area (Å²) in [5.41, 5.74) is 6.56. The summed E-state index contributed by atoms with van der Waals surface area (Å²) in [5.74, 6) is 1.84. The summed E-state index contributed by atoms with van der Waals surface area (Å²) in [4.78, 5) is 12.4. The van der Waals surface area contributed by atoms with E-state index in [0.29, 0.717) is 6.61 Å². The van der Waals surface area contributed by atoms with Crippen molar-refractivity contribution < 1.29 is 4.74 Å². The second-order valence-corrected chi connectivity index (χ2v) is 6.36. The zero-order chi connectivity index (χ0) is 17.3. The number of ether oxygens (including phenoxy) is 1. The first-order chi connectivity index (χ1) is 12.9. The highest BCUT2D eigenvalue weighted by molar-refractivity contribution is 5.87. The number of nitrogens with one attached hydrogen (secondary N) is 1. The molecule has 4 aromatic rings. The molecule has 0 unspecified atom stereocenters. The van der Waals surface area contributed by atoms with Gasteiger partial charge in [0.05, 0.1) is 17.6 Å². The summed E-state index contributed by atoms with van der Waals surface area (Å²) in [6.07, 6.45) is 6.62. The lowest BCUT2D eigenvalue weighted by Gasteiger charge is -2.04. The Kier molecular flexibility index (Phi) is 3.53. The minimum atomic E-state index is 0.655. The minimum Gasteiger partial charge on any atom is -0.493 e. The number of pyridine rings is 1. The van der Waals surface area contributed by atoms with E-state index >= 15 is 0 Å². The monoisotopic (exact) mass is 339 g/mol. The van der Waals surface area contributed by atoms with Crippen molar-refractivity contribution in [1.29, 1.82) is 0 Å². The van der Waals surface area contributed by atoms with Crippen LogP contribution in [0.5, 0.6) is 5.75 Å². The predicted octanol–water partition coefficient (Wildman–Crippen LogP) is 4.95. The van der Waals surface area contributed by atoms with Gasteiger partial charge in [-0.3, -0.25) is 4.98 Å². The van der Waals surface area contributed by atoms with Crippen molar-refractivity contribution >= 4 is 22.7 Å². The van der Waals surface area contributed by atoms with Crippen LogP contribution in [0, 0.1) is 0 Å². The molecule has 0 fully saturated rings. The van der Waals surface area contributed by atoms with Crippen molar-refractivity contribution in [2.45, 2.75) is 6.42 Å². The predicted molar refractivity (Wildman–Crippen MR) is 104 cm³/mol. The number of rotatable bonds is 2. The van der Waals surface area contributed by atoms with Gasteiger partial charge in [0.1, 0.15) is 11.6 Å². The van der Waals surface area contributed by atoms with Crippen molar-refractivity contribution in [2.24, 2.45) is 0 Å². The molecule has 3 heterocycles. The Morgan fingerprint density at radius 1 is 0.923 bits per heavy atom. The number of imidazole rings is 1. The van der Waals surface area contributed by atoms with E-state index in [4.69, 9.17) is 9.72 Å². The number of para-hydroxylation sites is 1. The average Bonchev–Trinajstić information content (AvgIpc) is 3.00. The molecular weight excluding hydrogens is 322 g/mol. The molecule has 0 aliphatic carbocycles. The van der Waals surface area contributed by atoms with E-state index < -0.39 is 0 Å². The molecule has 1 aliphatic rings. The summed E-state index contributed by atoms with van der Waals surface area (Å²) in [6.45, 7) is 0.655. The number of hydrogen-bond acceptors (Lipinski definition) is 3. The number of H-pyrrole nitrogens is 1. The van der Waals surface area contributed by atoms with Crippen LogP contribution < -0.4 is 4.74 Å². The molecule has 0 spiro atoms. The quantitative estimate of drug-likeness (QED) is 0.562. The van der Waals surface area contributed by atoms with Crippen molar-refractivity contribution in [3.8, 4) is 16.9 Å². The molecule has 0 atom stereocenters. The van der Waals surface area contributed by atoms with Gasteiger partial charge in [0.2, 0.25) is 0 Å². The minimum absolute atomic E-state index is 0.655. The molecule has 126 valence electrons. The number of aromatic amines is 1. The molecule has 4 nitrogen and oxygen atoms in total. The Morgan fingerprint density at radius 3 is 2.73 bits per heavy atom. The van der Waals surface area contributed by atoms with Crippen LogP contribution in [0.3, 0.4) is 0 Å². The Morgan fingerprint density at radius 2 is 1.81 bits per heavy atom. The second-order valence-electron chi connectivity index (χ2n) is 6.36. The summed E-state index contributed by atoms with van der Waals surface area (Å²) >= 11 is 0. The van der Waals surface area contributed by atoms with Gasteiger partial charge in [-0.05, 0) is 53.1 Å². The highest BCUT2D eigenvalue weighted by Gasteiger charge is 2.14. The Labute approximate surface area is 151 Å². The fourth-order valence-corrected chi connectivity index (χ4v) is 3.33. The zero-order valence-corrected chi connectivity index (χ0v) is 14.1. The molecule has 2 aromatic carbocycles. The van der Waals surface area contributed by atoms with Gasteiger partial charge in [0, 0.05) is 24.4 Å². The number of aromatic nitrogens is 3. The highest BCUT2D eigenvalue weighted by Crippen LogP contribution is 2.31. The van der Waals surface area contributed by atoms with Gasteiger partial charge in [-0.2, -0.15) is 0 Å². The molecule has 1 N–H and O–H groups in total. The SMILES string of the molecule is C1=C(c2nc3ccc(-c4ccncc4)cc3[nH]2)CCOc2ccccc21. The lowest BCUT2D eigenvalue weighted by molar-refractivity contribution is 0.328. The second kappa shape index (κ2) is 6.15. The van der Waals surface area contributed by atoms with E-state index in [9.17, 15) is 0 Å². The van der Waals surface area contributed by atoms with Gasteiger partial charge < -0.3 is 9.72 Å². The number of benzene rings is 2. The normalized spacial score (nSPS) is 13.6. The summed E-state index contributed by atoms with van der Waals surface area (Å²) in [7, 11) is 0. The van der Waals surface area contributed by atoms with Crippen LogP contribution >= 0.6 is 0 Å². The van der Waals surface area contributed by atoms with Gasteiger partial charge in [-0.15, -0.1) is 0 Å². The van der Waals surface area contributed by atoms with Gasteiger partial charge in [0.15, 0.2) is 0 Å². The van der Waals surface area contributed by atoms with Crippen LogP contribution in [-0.4, -0.2) is 21.6 Å². The first-order valence-electron chi connectivity index (χ1n) is 8.70. The maximum Gasteiger partial charge on any atom is 0.134 e. The molecule has 0 radical (unpaired) electrons. The molecule has 4 heteroatoms.